The molecule has 2 heteroatoms. The predicted octanol–water partition coefficient (Wildman–Crippen LogP) is 5.88. The Hall–Kier alpha value is -1.05. The highest BCUT2D eigenvalue weighted by molar-refractivity contribution is 5.66. The zero-order valence-electron chi connectivity index (χ0n) is 13.2. The van der Waals surface area contributed by atoms with Crippen LogP contribution in [0, 0.1) is 0 Å². The Kier molecular flexibility index (Phi) is 15.2. The van der Waals surface area contributed by atoms with Crippen LogP contribution in [0.3, 0.4) is 0 Å². The summed E-state index contributed by atoms with van der Waals surface area (Å²) < 4.78 is 0. The molecule has 0 aliphatic heterocycles. The second-order valence-electron chi connectivity index (χ2n) is 5.36. The van der Waals surface area contributed by atoms with Crippen LogP contribution in [0.25, 0.3) is 0 Å². The molecule has 0 amide bonds. The van der Waals surface area contributed by atoms with Gasteiger partial charge in [-0.2, -0.15) is 0 Å². The van der Waals surface area contributed by atoms with Gasteiger partial charge < -0.3 is 5.11 Å². The zero-order valence-corrected chi connectivity index (χ0v) is 13.2. The highest BCUT2D eigenvalue weighted by Crippen LogP contribution is 2.05. The molecule has 0 aromatic heterocycles. The Bertz CT molecular complexity index is 267. The molecule has 0 saturated carbocycles. The average Bonchev–Trinajstić information content (AvgIpc) is 2.43. The second kappa shape index (κ2) is 16.0. The Morgan fingerprint density at radius 1 is 0.750 bits per heavy atom. The van der Waals surface area contributed by atoms with Gasteiger partial charge in [-0.15, -0.1) is 0 Å². The maximum Gasteiger partial charge on any atom is 0.303 e. The predicted molar refractivity (Wildman–Crippen MR) is 87.0 cm³/mol. The molecular weight excluding hydrogens is 248 g/mol. The molecular formula is C18H32O2. The first-order chi connectivity index (χ1) is 9.77. The monoisotopic (exact) mass is 280 g/mol. The molecule has 0 unspecified atom stereocenters. The van der Waals surface area contributed by atoms with Gasteiger partial charge in [-0.1, -0.05) is 50.5 Å². The summed E-state index contributed by atoms with van der Waals surface area (Å²) in [5.74, 6) is -0.685. The number of carboxylic acid groups (broad SMARTS) is 1. The van der Waals surface area contributed by atoms with Gasteiger partial charge in [0, 0.05) is 6.42 Å². The van der Waals surface area contributed by atoms with Gasteiger partial charge in [0.1, 0.15) is 0 Å². The summed E-state index contributed by atoms with van der Waals surface area (Å²) in [7, 11) is 0. The summed E-state index contributed by atoms with van der Waals surface area (Å²) in [5, 5.41) is 8.49. The minimum absolute atomic E-state index is 0.302. The lowest BCUT2D eigenvalue weighted by atomic mass is 10.1. The molecule has 0 aliphatic carbocycles. The second-order valence-corrected chi connectivity index (χ2v) is 5.36. The first-order valence-electron chi connectivity index (χ1n) is 8.29. The largest absolute Gasteiger partial charge is 0.481 e. The third kappa shape index (κ3) is 16.9. The number of carbonyl (C=O) groups is 1. The third-order valence-corrected chi connectivity index (χ3v) is 3.31. The Balaban J connectivity index is 3.18. The number of allylic oxidation sites excluding steroid dienone is 4. The van der Waals surface area contributed by atoms with Gasteiger partial charge in [0.2, 0.25) is 0 Å². The molecule has 0 fully saturated rings. The number of hydrogen-bond donors (Lipinski definition) is 1. The van der Waals surface area contributed by atoms with Gasteiger partial charge >= 0.3 is 5.97 Å². The van der Waals surface area contributed by atoms with Crippen LogP contribution in [-0.4, -0.2) is 11.1 Å². The van der Waals surface area contributed by atoms with Crippen molar-refractivity contribution in [1.82, 2.24) is 0 Å². The molecule has 116 valence electrons. The maximum absolute atomic E-state index is 10.3. The first-order valence-corrected chi connectivity index (χ1v) is 8.29. The van der Waals surface area contributed by atoms with Crippen molar-refractivity contribution in [3.63, 3.8) is 0 Å². The highest BCUT2D eigenvalue weighted by atomic mass is 16.4. The van der Waals surface area contributed by atoms with E-state index in [0.717, 1.165) is 25.7 Å². The zero-order chi connectivity index (χ0) is 14.9. The molecule has 0 saturated heterocycles. The molecule has 0 atom stereocenters. The lowest BCUT2D eigenvalue weighted by Crippen LogP contribution is -1.92. The number of carboxylic acids is 1. The molecule has 0 aromatic carbocycles. The SMILES string of the molecule is CCCCCC/C=C\CCCC=CCCCCC(=O)O. The van der Waals surface area contributed by atoms with Crippen molar-refractivity contribution in [3.8, 4) is 0 Å². The van der Waals surface area contributed by atoms with E-state index in [1.165, 1.54) is 44.9 Å². The van der Waals surface area contributed by atoms with Crippen molar-refractivity contribution in [3.05, 3.63) is 24.3 Å². The molecule has 0 spiro atoms. The summed E-state index contributed by atoms with van der Waals surface area (Å²) in [4.78, 5) is 10.3. The van der Waals surface area contributed by atoms with E-state index in [1.807, 2.05) is 0 Å². The molecule has 0 aliphatic rings. The first kappa shape index (κ1) is 18.9. The minimum atomic E-state index is -0.685. The Morgan fingerprint density at radius 2 is 1.25 bits per heavy atom. The topological polar surface area (TPSA) is 37.3 Å². The molecule has 20 heavy (non-hydrogen) atoms. The van der Waals surface area contributed by atoms with E-state index in [4.69, 9.17) is 5.11 Å². The van der Waals surface area contributed by atoms with Crippen molar-refractivity contribution >= 4 is 5.97 Å². The minimum Gasteiger partial charge on any atom is -0.481 e. The van der Waals surface area contributed by atoms with Crippen molar-refractivity contribution in [1.29, 1.82) is 0 Å². The molecule has 0 aromatic rings. The highest BCUT2D eigenvalue weighted by Gasteiger charge is 1.94. The van der Waals surface area contributed by atoms with Crippen LogP contribution >= 0.6 is 0 Å². The van der Waals surface area contributed by atoms with Gasteiger partial charge in [0.25, 0.3) is 0 Å². The molecule has 0 rings (SSSR count). The van der Waals surface area contributed by atoms with E-state index < -0.39 is 5.97 Å². The van der Waals surface area contributed by atoms with Crippen LogP contribution in [0.5, 0.6) is 0 Å². The normalized spacial score (nSPS) is 11.7. The van der Waals surface area contributed by atoms with Crippen LogP contribution in [0.2, 0.25) is 0 Å². The fourth-order valence-electron chi connectivity index (χ4n) is 2.05. The molecule has 1 N–H and O–H groups in total. The van der Waals surface area contributed by atoms with Crippen molar-refractivity contribution in [2.24, 2.45) is 0 Å². The fourth-order valence-corrected chi connectivity index (χ4v) is 2.05. The van der Waals surface area contributed by atoms with Crippen LogP contribution in [0.15, 0.2) is 24.3 Å². The molecule has 0 radical (unpaired) electrons. The van der Waals surface area contributed by atoms with E-state index in [0.29, 0.717) is 6.42 Å². The summed E-state index contributed by atoms with van der Waals surface area (Å²) in [6.45, 7) is 2.25. The van der Waals surface area contributed by atoms with Crippen molar-refractivity contribution < 1.29 is 9.90 Å². The van der Waals surface area contributed by atoms with E-state index in [-0.39, 0.29) is 0 Å². The lowest BCUT2D eigenvalue weighted by molar-refractivity contribution is -0.137. The van der Waals surface area contributed by atoms with Crippen molar-refractivity contribution in [2.45, 2.75) is 84.0 Å². The number of hydrogen-bond acceptors (Lipinski definition) is 1. The van der Waals surface area contributed by atoms with Gasteiger partial charge in [-0.25, -0.2) is 0 Å². The third-order valence-electron chi connectivity index (χ3n) is 3.31. The summed E-state index contributed by atoms with van der Waals surface area (Å²) in [5.41, 5.74) is 0. The smallest absolute Gasteiger partial charge is 0.303 e. The van der Waals surface area contributed by atoms with Crippen LogP contribution < -0.4 is 0 Å². The quantitative estimate of drug-likeness (QED) is 0.318. The molecule has 2 nitrogen and oxygen atoms in total. The van der Waals surface area contributed by atoms with E-state index in [1.54, 1.807) is 0 Å². The van der Waals surface area contributed by atoms with E-state index in [2.05, 4.69) is 31.2 Å². The maximum atomic E-state index is 10.3. The average molecular weight is 280 g/mol. The van der Waals surface area contributed by atoms with Crippen LogP contribution in [0.4, 0.5) is 0 Å². The number of unbranched alkanes of at least 4 members (excludes halogenated alkanes) is 8. The summed E-state index contributed by atoms with van der Waals surface area (Å²) >= 11 is 0. The van der Waals surface area contributed by atoms with Crippen LogP contribution in [0.1, 0.15) is 84.0 Å². The fraction of sp³-hybridized carbons (Fsp3) is 0.722. The standard InChI is InChI=1S/C18H32O2/c1-2-3-4-5-6-7-8-9-10-11-12-13-14-15-16-17-18(19)20/h7-8,12-13H,2-6,9-11,14-17H2,1H3,(H,19,20)/b8-7-,13-12?. The van der Waals surface area contributed by atoms with Gasteiger partial charge in [-0.05, 0) is 51.4 Å². The van der Waals surface area contributed by atoms with Crippen LogP contribution in [-0.2, 0) is 4.79 Å². The number of rotatable bonds is 14. The van der Waals surface area contributed by atoms with Gasteiger partial charge in [0.15, 0.2) is 0 Å². The van der Waals surface area contributed by atoms with Gasteiger partial charge in [-0.3, -0.25) is 4.79 Å². The Morgan fingerprint density at radius 3 is 1.75 bits per heavy atom. The number of aliphatic carboxylic acids is 1. The lowest BCUT2D eigenvalue weighted by Gasteiger charge is -1.95. The Labute approximate surface area is 125 Å². The summed E-state index contributed by atoms with van der Waals surface area (Å²) in [6, 6.07) is 0. The van der Waals surface area contributed by atoms with Crippen molar-refractivity contribution in [2.75, 3.05) is 0 Å². The van der Waals surface area contributed by atoms with E-state index in [9.17, 15) is 4.79 Å². The van der Waals surface area contributed by atoms with E-state index >= 15 is 0 Å². The summed E-state index contributed by atoms with van der Waals surface area (Å²) in [6.07, 6.45) is 22.3. The molecule has 0 heterocycles. The van der Waals surface area contributed by atoms with Gasteiger partial charge in [0.05, 0.1) is 0 Å². The molecule has 0 bridgehead atoms.